The predicted molar refractivity (Wildman–Crippen MR) is 189 cm³/mol. The van der Waals surface area contributed by atoms with Crippen molar-refractivity contribution in [2.24, 2.45) is 5.10 Å². The van der Waals surface area contributed by atoms with Gasteiger partial charge in [-0.15, -0.1) is 0 Å². The minimum Gasteiger partial charge on any atom is -0.311 e. The van der Waals surface area contributed by atoms with E-state index in [9.17, 15) is 0 Å². The number of hydrazone groups is 1. The zero-order chi connectivity index (χ0) is 31.0. The molecule has 0 bridgehead atoms. The van der Waals surface area contributed by atoms with Crippen LogP contribution in [0.25, 0.3) is 0 Å². The monoisotopic (exact) mass is 559 g/mol. The van der Waals surface area contributed by atoms with Crippen LogP contribution >= 0.6 is 0 Å². The Kier molecular flexibility index (Phi) is 18.6. The van der Waals surface area contributed by atoms with Crippen molar-refractivity contribution in [1.29, 1.82) is 0 Å². The molecular formula is C39H49N3. The number of anilines is 5. The largest absolute Gasteiger partial charge is 0.311 e. The Balaban J connectivity index is 0.00000102. The molecule has 0 saturated carbocycles. The molecule has 0 N–H and O–H groups in total. The predicted octanol–water partition coefficient (Wildman–Crippen LogP) is 12.4. The highest BCUT2D eigenvalue weighted by molar-refractivity contribution is 5.84. The normalized spacial score (nSPS) is 9.33. The van der Waals surface area contributed by atoms with Crippen molar-refractivity contribution in [3.05, 3.63) is 151 Å². The van der Waals surface area contributed by atoms with E-state index in [0.717, 1.165) is 34.0 Å². The average Bonchev–Trinajstić information content (AvgIpc) is 3.11. The lowest BCUT2D eigenvalue weighted by Gasteiger charge is -2.25. The topological polar surface area (TPSA) is 18.8 Å². The molecule has 0 spiro atoms. The number of benzene rings is 5. The molecule has 0 heterocycles. The molecule has 0 fully saturated rings. The van der Waals surface area contributed by atoms with Gasteiger partial charge in [-0.1, -0.05) is 140 Å². The summed E-state index contributed by atoms with van der Waals surface area (Å²) in [6.07, 6.45) is 1.90. The maximum Gasteiger partial charge on any atom is 0.0652 e. The van der Waals surface area contributed by atoms with E-state index in [1.54, 1.807) is 0 Å². The molecule has 0 unspecified atom stereocenters. The van der Waals surface area contributed by atoms with Crippen LogP contribution in [0.3, 0.4) is 0 Å². The van der Waals surface area contributed by atoms with E-state index in [1.807, 2.05) is 115 Å². The molecule has 3 nitrogen and oxygen atoms in total. The highest BCUT2D eigenvalue weighted by atomic mass is 15.5. The van der Waals surface area contributed by atoms with Crippen LogP contribution < -0.4 is 9.91 Å². The molecule has 5 rings (SSSR count). The molecule has 42 heavy (non-hydrogen) atoms. The summed E-state index contributed by atoms with van der Waals surface area (Å²) in [6, 6.07) is 49.7. The van der Waals surface area contributed by atoms with Crippen molar-refractivity contribution in [3.63, 3.8) is 0 Å². The van der Waals surface area contributed by atoms with Gasteiger partial charge >= 0.3 is 0 Å². The third-order valence-corrected chi connectivity index (χ3v) is 5.50. The van der Waals surface area contributed by atoms with Crippen LogP contribution in [-0.2, 0) is 0 Å². The van der Waals surface area contributed by atoms with Crippen molar-refractivity contribution < 1.29 is 0 Å². The Morgan fingerprint density at radius 2 is 0.643 bits per heavy atom. The molecule has 0 amide bonds. The van der Waals surface area contributed by atoms with Crippen molar-refractivity contribution in [3.8, 4) is 0 Å². The molecule has 5 aromatic carbocycles. The summed E-state index contributed by atoms with van der Waals surface area (Å²) in [7, 11) is 0. The van der Waals surface area contributed by atoms with Crippen LogP contribution in [0.4, 0.5) is 28.4 Å². The van der Waals surface area contributed by atoms with Gasteiger partial charge < -0.3 is 4.90 Å². The third-order valence-electron chi connectivity index (χ3n) is 5.50. The van der Waals surface area contributed by atoms with Gasteiger partial charge in [0.2, 0.25) is 0 Å². The van der Waals surface area contributed by atoms with Crippen molar-refractivity contribution in [1.82, 2.24) is 0 Å². The summed E-state index contributed by atoms with van der Waals surface area (Å²) >= 11 is 0. The van der Waals surface area contributed by atoms with E-state index >= 15 is 0 Å². The molecule has 0 aliphatic carbocycles. The van der Waals surface area contributed by atoms with Gasteiger partial charge in [0.05, 0.1) is 17.6 Å². The fourth-order valence-electron chi connectivity index (χ4n) is 3.86. The summed E-state index contributed by atoms with van der Waals surface area (Å²) < 4.78 is 0. The molecule has 220 valence electrons. The van der Waals surface area contributed by atoms with Crippen LogP contribution in [0.2, 0.25) is 0 Å². The van der Waals surface area contributed by atoms with E-state index in [1.165, 1.54) is 0 Å². The number of hydrogen-bond acceptors (Lipinski definition) is 3. The standard InChI is InChI=1S/C31H25N3.4C2H6/c1-5-13-27(14-6-1)33(28-15-7-2-8-16-28)29-23-21-26(22-24-29)25-32-34(30-17-9-3-10-18-30)31-19-11-4-12-20-31;4*1-2/h1-25H;4*1-2H3. The fourth-order valence-corrected chi connectivity index (χ4v) is 3.86. The number of para-hydroxylation sites is 4. The van der Waals surface area contributed by atoms with E-state index in [4.69, 9.17) is 5.10 Å². The van der Waals surface area contributed by atoms with Crippen LogP contribution in [0.15, 0.2) is 151 Å². The Hall–Kier alpha value is -4.63. The van der Waals surface area contributed by atoms with Gasteiger partial charge in [0.1, 0.15) is 0 Å². The molecule has 3 heteroatoms. The van der Waals surface area contributed by atoms with Gasteiger partial charge in [-0.2, -0.15) is 5.10 Å². The van der Waals surface area contributed by atoms with Gasteiger partial charge in [-0.05, 0) is 66.2 Å². The van der Waals surface area contributed by atoms with Crippen LogP contribution in [0.1, 0.15) is 61.0 Å². The van der Waals surface area contributed by atoms with Gasteiger partial charge in [0, 0.05) is 17.1 Å². The van der Waals surface area contributed by atoms with Gasteiger partial charge in [0.25, 0.3) is 0 Å². The lowest BCUT2D eigenvalue weighted by molar-refractivity contribution is 1.09. The Morgan fingerprint density at radius 3 is 0.976 bits per heavy atom. The fraction of sp³-hybridized carbons (Fsp3) is 0.205. The highest BCUT2D eigenvalue weighted by Crippen LogP contribution is 2.34. The SMILES string of the molecule is C(=NN(c1ccccc1)c1ccccc1)c1ccc(N(c2ccccc2)c2ccccc2)cc1.CC.CC.CC.CC. The quantitative estimate of drug-likeness (QED) is 0.146. The molecule has 0 atom stereocenters. The zero-order valence-corrected chi connectivity index (χ0v) is 26.8. The van der Waals surface area contributed by atoms with Crippen molar-refractivity contribution in [2.45, 2.75) is 55.4 Å². The molecule has 0 aromatic heterocycles. The number of hydrogen-bond donors (Lipinski definition) is 0. The minimum atomic E-state index is 1.01. The van der Waals surface area contributed by atoms with E-state index in [-0.39, 0.29) is 0 Å². The maximum atomic E-state index is 4.82. The Bertz CT molecular complexity index is 1240. The molecule has 0 saturated heterocycles. The maximum absolute atomic E-state index is 4.82. The smallest absolute Gasteiger partial charge is 0.0652 e. The van der Waals surface area contributed by atoms with Crippen molar-refractivity contribution >= 4 is 34.7 Å². The third kappa shape index (κ3) is 10.7. The van der Waals surface area contributed by atoms with Gasteiger partial charge in [-0.3, -0.25) is 0 Å². The lowest BCUT2D eigenvalue weighted by atomic mass is 10.1. The van der Waals surface area contributed by atoms with E-state index in [2.05, 4.69) is 102 Å². The first-order chi connectivity index (χ1) is 20.9. The van der Waals surface area contributed by atoms with Crippen molar-refractivity contribution in [2.75, 3.05) is 9.91 Å². The highest BCUT2D eigenvalue weighted by Gasteiger charge is 2.11. The Labute approximate surface area is 255 Å². The first-order valence-corrected chi connectivity index (χ1v) is 15.3. The summed E-state index contributed by atoms with van der Waals surface area (Å²) in [5.41, 5.74) is 6.39. The first kappa shape index (κ1) is 35.4. The summed E-state index contributed by atoms with van der Waals surface area (Å²) in [5, 5.41) is 6.77. The first-order valence-electron chi connectivity index (χ1n) is 15.3. The molecule has 5 aromatic rings. The molecule has 0 aliphatic heterocycles. The number of nitrogens with zero attached hydrogens (tertiary/aromatic N) is 3. The molecular weight excluding hydrogens is 510 g/mol. The second-order valence-corrected chi connectivity index (χ2v) is 7.83. The molecule has 0 aliphatic rings. The van der Waals surface area contributed by atoms with Crippen LogP contribution in [0, 0.1) is 0 Å². The molecule has 0 radical (unpaired) electrons. The van der Waals surface area contributed by atoms with E-state index < -0.39 is 0 Å². The summed E-state index contributed by atoms with van der Waals surface area (Å²) in [5.74, 6) is 0. The average molecular weight is 560 g/mol. The summed E-state index contributed by atoms with van der Waals surface area (Å²) in [4.78, 5) is 2.25. The number of rotatable bonds is 7. The Morgan fingerprint density at radius 1 is 0.357 bits per heavy atom. The second-order valence-electron chi connectivity index (χ2n) is 7.83. The minimum absolute atomic E-state index is 1.01. The zero-order valence-electron chi connectivity index (χ0n) is 26.8. The van der Waals surface area contributed by atoms with Crippen LogP contribution in [-0.4, -0.2) is 6.21 Å². The van der Waals surface area contributed by atoms with Crippen LogP contribution in [0.5, 0.6) is 0 Å². The van der Waals surface area contributed by atoms with E-state index in [0.29, 0.717) is 0 Å². The van der Waals surface area contributed by atoms with Gasteiger partial charge in [-0.25, -0.2) is 5.01 Å². The second kappa shape index (κ2) is 22.1. The van der Waals surface area contributed by atoms with Gasteiger partial charge in [0.15, 0.2) is 0 Å². The lowest BCUT2D eigenvalue weighted by Crippen LogP contribution is -2.10. The summed E-state index contributed by atoms with van der Waals surface area (Å²) in [6.45, 7) is 16.0.